The van der Waals surface area contributed by atoms with Crippen molar-refractivity contribution in [1.82, 2.24) is 5.32 Å². The smallest absolute Gasteiger partial charge is 0.118 e. The van der Waals surface area contributed by atoms with Gasteiger partial charge >= 0.3 is 0 Å². The molecule has 0 saturated carbocycles. The summed E-state index contributed by atoms with van der Waals surface area (Å²) in [4.78, 5) is 0. The predicted molar refractivity (Wildman–Crippen MR) is 128 cm³/mol. The molecule has 4 heteroatoms. The number of rotatable bonds is 6. The first-order valence-corrected chi connectivity index (χ1v) is 11.3. The van der Waals surface area contributed by atoms with E-state index in [2.05, 4.69) is 55.6 Å². The van der Waals surface area contributed by atoms with Crippen LogP contribution in [0.1, 0.15) is 42.6 Å². The van der Waals surface area contributed by atoms with Crippen LogP contribution in [0.3, 0.4) is 0 Å². The van der Waals surface area contributed by atoms with Crippen molar-refractivity contribution in [1.29, 1.82) is 0 Å². The molecule has 1 aliphatic heterocycles. The molecule has 0 bridgehead atoms. The Hall–Kier alpha value is -2.82. The highest BCUT2D eigenvalue weighted by Gasteiger charge is 2.51. The van der Waals surface area contributed by atoms with Crippen molar-refractivity contribution < 1.29 is 14.6 Å². The molecule has 3 aromatic rings. The number of ether oxygens (including phenoxy) is 2. The third-order valence-electron chi connectivity index (χ3n) is 7.22. The van der Waals surface area contributed by atoms with Crippen molar-refractivity contribution in [2.24, 2.45) is 11.8 Å². The highest BCUT2D eigenvalue weighted by molar-refractivity contribution is 5.35. The van der Waals surface area contributed by atoms with E-state index in [0.717, 1.165) is 28.2 Å². The zero-order chi connectivity index (χ0) is 22.7. The van der Waals surface area contributed by atoms with Gasteiger partial charge in [-0.25, -0.2) is 0 Å². The van der Waals surface area contributed by atoms with Crippen molar-refractivity contribution in [2.75, 3.05) is 14.2 Å². The van der Waals surface area contributed by atoms with E-state index in [1.54, 1.807) is 14.2 Å². The monoisotopic (exact) mass is 431 g/mol. The molecule has 0 amide bonds. The second-order valence-corrected chi connectivity index (χ2v) is 8.90. The molecule has 5 atom stereocenters. The fraction of sp³-hybridized carbons (Fsp3) is 0.357. The van der Waals surface area contributed by atoms with Crippen molar-refractivity contribution in [3.8, 4) is 11.5 Å². The Kier molecular flexibility index (Phi) is 6.54. The van der Waals surface area contributed by atoms with Gasteiger partial charge < -0.3 is 19.9 Å². The SMILES string of the molecule is COc1ccc([C@H]2N[C@@H](c3ccc(OC)cc3)[C@H](C)C(O)(Cc3ccccc3)[C@H]2C)cc1. The highest BCUT2D eigenvalue weighted by Crippen LogP contribution is 2.48. The minimum atomic E-state index is -0.887. The molecule has 0 aromatic heterocycles. The van der Waals surface area contributed by atoms with Crippen LogP contribution in [0.5, 0.6) is 11.5 Å². The zero-order valence-electron chi connectivity index (χ0n) is 19.3. The number of aliphatic hydroxyl groups is 1. The van der Waals surface area contributed by atoms with E-state index in [9.17, 15) is 5.11 Å². The third-order valence-corrected chi connectivity index (χ3v) is 7.22. The maximum Gasteiger partial charge on any atom is 0.118 e. The van der Waals surface area contributed by atoms with Crippen LogP contribution in [0.4, 0.5) is 0 Å². The highest BCUT2D eigenvalue weighted by atomic mass is 16.5. The number of piperidine rings is 1. The van der Waals surface area contributed by atoms with Crippen LogP contribution < -0.4 is 14.8 Å². The van der Waals surface area contributed by atoms with E-state index in [1.807, 2.05) is 42.5 Å². The average molecular weight is 432 g/mol. The second kappa shape index (κ2) is 9.35. The molecule has 3 aromatic carbocycles. The van der Waals surface area contributed by atoms with E-state index in [0.29, 0.717) is 6.42 Å². The van der Waals surface area contributed by atoms with Crippen LogP contribution in [0.25, 0.3) is 0 Å². The van der Waals surface area contributed by atoms with Gasteiger partial charge in [0, 0.05) is 30.3 Å². The molecule has 1 unspecified atom stereocenters. The normalized spacial score (nSPS) is 27.7. The van der Waals surface area contributed by atoms with Gasteiger partial charge in [0.25, 0.3) is 0 Å². The van der Waals surface area contributed by atoms with Gasteiger partial charge in [-0.3, -0.25) is 0 Å². The Morgan fingerprint density at radius 3 is 1.56 bits per heavy atom. The maximum absolute atomic E-state index is 12.2. The topological polar surface area (TPSA) is 50.7 Å². The van der Waals surface area contributed by atoms with Crippen LogP contribution in [0, 0.1) is 11.8 Å². The molecule has 1 heterocycles. The first-order valence-electron chi connectivity index (χ1n) is 11.3. The largest absolute Gasteiger partial charge is 0.497 e. The number of benzene rings is 3. The molecule has 1 saturated heterocycles. The Balaban J connectivity index is 1.74. The summed E-state index contributed by atoms with van der Waals surface area (Å²) < 4.78 is 10.7. The zero-order valence-corrected chi connectivity index (χ0v) is 19.3. The van der Waals surface area contributed by atoms with Gasteiger partial charge in [0.05, 0.1) is 19.8 Å². The minimum Gasteiger partial charge on any atom is -0.497 e. The number of hydrogen-bond donors (Lipinski definition) is 2. The van der Waals surface area contributed by atoms with Crippen molar-refractivity contribution in [2.45, 2.75) is 38.0 Å². The van der Waals surface area contributed by atoms with Crippen LogP contribution in [0.15, 0.2) is 78.9 Å². The van der Waals surface area contributed by atoms with Gasteiger partial charge in [-0.05, 0) is 41.0 Å². The first kappa shape index (κ1) is 22.4. The molecule has 0 aliphatic carbocycles. The summed E-state index contributed by atoms with van der Waals surface area (Å²) in [6.45, 7) is 4.32. The summed E-state index contributed by atoms with van der Waals surface area (Å²) in [5.74, 6) is 1.66. The molecule has 4 rings (SSSR count). The van der Waals surface area contributed by atoms with Gasteiger partial charge in [-0.15, -0.1) is 0 Å². The summed E-state index contributed by atoms with van der Waals surface area (Å²) in [7, 11) is 3.35. The summed E-state index contributed by atoms with van der Waals surface area (Å²) in [5, 5.41) is 16.1. The van der Waals surface area contributed by atoms with E-state index >= 15 is 0 Å². The van der Waals surface area contributed by atoms with Crippen LogP contribution in [-0.4, -0.2) is 24.9 Å². The van der Waals surface area contributed by atoms with Gasteiger partial charge in [0.2, 0.25) is 0 Å². The Morgan fingerprint density at radius 1 is 0.719 bits per heavy atom. The summed E-state index contributed by atoms with van der Waals surface area (Å²) in [6.07, 6.45) is 0.608. The maximum atomic E-state index is 12.2. The molecule has 2 N–H and O–H groups in total. The lowest BCUT2D eigenvalue weighted by Crippen LogP contribution is -2.58. The van der Waals surface area contributed by atoms with Gasteiger partial charge in [-0.2, -0.15) is 0 Å². The van der Waals surface area contributed by atoms with Crippen molar-refractivity contribution in [3.63, 3.8) is 0 Å². The predicted octanol–water partition coefficient (Wildman–Crippen LogP) is 5.34. The lowest BCUT2D eigenvalue weighted by molar-refractivity contribution is -0.110. The molecule has 0 radical (unpaired) electrons. The van der Waals surface area contributed by atoms with Gasteiger partial charge in [-0.1, -0.05) is 68.4 Å². The average Bonchev–Trinajstić information content (AvgIpc) is 2.84. The molecule has 4 nitrogen and oxygen atoms in total. The number of nitrogens with one attached hydrogen (secondary N) is 1. The van der Waals surface area contributed by atoms with E-state index in [-0.39, 0.29) is 23.9 Å². The standard InChI is InChI=1S/C28H33NO3/c1-19-26(22-10-14-24(31-3)15-11-22)29-27(23-12-16-25(32-4)17-13-23)20(2)28(19,30)18-21-8-6-5-7-9-21/h5-17,19-20,26-27,29-30H,18H2,1-4H3/t19-,20-,26-,27+,28?/m0/s1. The molecule has 1 fully saturated rings. The fourth-order valence-corrected chi connectivity index (χ4v) is 5.11. The summed E-state index contributed by atoms with van der Waals surface area (Å²) in [5.41, 5.74) is 2.56. The van der Waals surface area contributed by atoms with Crippen LogP contribution in [-0.2, 0) is 6.42 Å². The van der Waals surface area contributed by atoms with Gasteiger partial charge in [0.1, 0.15) is 11.5 Å². The van der Waals surface area contributed by atoms with Crippen molar-refractivity contribution >= 4 is 0 Å². The Morgan fingerprint density at radius 2 is 1.16 bits per heavy atom. The lowest BCUT2D eigenvalue weighted by Gasteiger charge is -2.52. The molecular formula is C28H33NO3. The van der Waals surface area contributed by atoms with E-state index in [1.165, 1.54) is 0 Å². The lowest BCUT2D eigenvalue weighted by atomic mass is 9.64. The second-order valence-electron chi connectivity index (χ2n) is 8.90. The molecular weight excluding hydrogens is 398 g/mol. The summed E-state index contributed by atoms with van der Waals surface area (Å²) >= 11 is 0. The summed E-state index contributed by atoms with van der Waals surface area (Å²) in [6, 6.07) is 26.6. The number of hydrogen-bond acceptors (Lipinski definition) is 4. The molecule has 0 spiro atoms. The molecule has 168 valence electrons. The third kappa shape index (κ3) is 4.25. The van der Waals surface area contributed by atoms with Crippen LogP contribution in [0.2, 0.25) is 0 Å². The minimum absolute atomic E-state index is 0.000555. The van der Waals surface area contributed by atoms with E-state index in [4.69, 9.17) is 9.47 Å². The fourth-order valence-electron chi connectivity index (χ4n) is 5.11. The Labute approximate surface area is 191 Å². The van der Waals surface area contributed by atoms with E-state index < -0.39 is 5.60 Å². The number of methoxy groups -OCH3 is 2. The first-order chi connectivity index (χ1) is 15.5. The Bertz CT molecular complexity index is 942. The molecule has 32 heavy (non-hydrogen) atoms. The van der Waals surface area contributed by atoms with Gasteiger partial charge in [0.15, 0.2) is 0 Å². The van der Waals surface area contributed by atoms with Crippen LogP contribution >= 0.6 is 0 Å². The molecule has 1 aliphatic rings. The van der Waals surface area contributed by atoms with Crippen molar-refractivity contribution in [3.05, 3.63) is 95.6 Å². The quantitative estimate of drug-likeness (QED) is 0.553.